The first-order chi connectivity index (χ1) is 12.6. The van der Waals surface area contributed by atoms with Gasteiger partial charge in [0.05, 0.1) is 6.04 Å². The minimum atomic E-state index is -0.0529. The molecule has 3 rings (SSSR count). The number of nitrogens with one attached hydrogen (secondary N) is 1. The van der Waals surface area contributed by atoms with Crippen LogP contribution in [0.25, 0.3) is 0 Å². The van der Waals surface area contributed by atoms with E-state index in [2.05, 4.69) is 46.5 Å². The summed E-state index contributed by atoms with van der Waals surface area (Å²) in [6, 6.07) is 11.5. The van der Waals surface area contributed by atoms with Gasteiger partial charge in [0.25, 0.3) is 5.91 Å². The van der Waals surface area contributed by atoms with Gasteiger partial charge in [-0.15, -0.1) is 11.3 Å². The Balaban J connectivity index is 1.72. The van der Waals surface area contributed by atoms with E-state index < -0.39 is 0 Å². The van der Waals surface area contributed by atoms with E-state index >= 15 is 0 Å². The van der Waals surface area contributed by atoms with Gasteiger partial charge in [-0.3, -0.25) is 9.69 Å². The summed E-state index contributed by atoms with van der Waals surface area (Å²) in [5.74, 6) is -0.0529. The Hall–Kier alpha value is -1.40. The number of likely N-dealkylation sites (N-methyl/N-ethyl adjacent to an activating group) is 1. The molecule has 0 radical (unpaired) electrons. The number of thiophene rings is 1. The minimum absolute atomic E-state index is 0.0185. The van der Waals surface area contributed by atoms with Crippen molar-refractivity contribution in [3.63, 3.8) is 0 Å². The predicted octanol–water partition coefficient (Wildman–Crippen LogP) is 3.90. The fourth-order valence-corrected chi connectivity index (χ4v) is 4.62. The monoisotopic (exact) mass is 391 g/mol. The Morgan fingerprint density at radius 2 is 1.88 bits per heavy atom. The lowest BCUT2D eigenvalue weighted by molar-refractivity contribution is 0.0753. The summed E-state index contributed by atoms with van der Waals surface area (Å²) in [6.07, 6.45) is 0. The molecule has 6 heteroatoms. The van der Waals surface area contributed by atoms with Gasteiger partial charge in [-0.05, 0) is 49.2 Å². The quantitative estimate of drug-likeness (QED) is 0.811. The van der Waals surface area contributed by atoms with E-state index in [0.29, 0.717) is 10.6 Å². The van der Waals surface area contributed by atoms with Crippen molar-refractivity contribution in [2.24, 2.45) is 0 Å². The molecule has 140 valence electrons. The highest BCUT2D eigenvalue weighted by atomic mass is 35.5. The Kier molecular flexibility index (Phi) is 6.70. The third kappa shape index (κ3) is 4.65. The van der Waals surface area contributed by atoms with Crippen molar-refractivity contribution in [2.75, 3.05) is 32.7 Å². The lowest BCUT2D eigenvalue weighted by Crippen LogP contribution is -2.52. The number of amides is 1. The van der Waals surface area contributed by atoms with Gasteiger partial charge in [0.15, 0.2) is 0 Å². The molecule has 0 spiro atoms. The fraction of sp³-hybridized carbons (Fsp3) is 0.450. The largest absolute Gasteiger partial charge is 0.348 e. The molecule has 4 nitrogen and oxygen atoms in total. The van der Waals surface area contributed by atoms with Gasteiger partial charge < -0.3 is 10.2 Å². The second-order valence-corrected chi connectivity index (χ2v) is 8.12. The SMILES string of the molecule is CCN1CCN([C@@H](c2cccs2)[C@H](C)NC(=O)c2ccc(Cl)cc2)CC1. The molecular weight excluding hydrogens is 366 g/mol. The van der Waals surface area contributed by atoms with Crippen molar-refractivity contribution in [3.8, 4) is 0 Å². The van der Waals surface area contributed by atoms with Crippen molar-refractivity contribution >= 4 is 28.8 Å². The van der Waals surface area contributed by atoms with E-state index in [1.807, 2.05) is 0 Å². The Morgan fingerprint density at radius 1 is 1.19 bits per heavy atom. The maximum Gasteiger partial charge on any atom is 0.251 e. The standard InChI is InChI=1S/C20H26ClN3OS/c1-3-23-10-12-24(13-11-23)19(18-5-4-14-26-18)15(2)22-20(25)16-6-8-17(21)9-7-16/h4-9,14-15,19H,3,10-13H2,1-2H3,(H,22,25)/t15-,19+/m0/s1. The van der Waals surface area contributed by atoms with E-state index in [9.17, 15) is 4.79 Å². The summed E-state index contributed by atoms with van der Waals surface area (Å²) in [7, 11) is 0. The van der Waals surface area contributed by atoms with Crippen LogP contribution in [0.15, 0.2) is 41.8 Å². The van der Waals surface area contributed by atoms with Crippen LogP contribution in [0.4, 0.5) is 0 Å². The normalized spacial score (nSPS) is 18.4. The topological polar surface area (TPSA) is 35.6 Å². The maximum atomic E-state index is 12.6. The average Bonchev–Trinajstić information content (AvgIpc) is 3.17. The molecule has 1 amide bonds. The fourth-order valence-electron chi connectivity index (χ4n) is 3.53. The molecule has 1 aliphatic heterocycles. The third-order valence-electron chi connectivity index (χ3n) is 5.02. The lowest BCUT2D eigenvalue weighted by Gasteiger charge is -2.41. The molecule has 2 aromatic rings. The van der Waals surface area contributed by atoms with E-state index in [4.69, 9.17) is 11.6 Å². The zero-order valence-corrected chi connectivity index (χ0v) is 16.9. The van der Waals surface area contributed by atoms with Crippen LogP contribution in [0.5, 0.6) is 0 Å². The van der Waals surface area contributed by atoms with Gasteiger partial charge in [0.1, 0.15) is 0 Å². The van der Waals surface area contributed by atoms with Gasteiger partial charge in [0.2, 0.25) is 0 Å². The van der Waals surface area contributed by atoms with Gasteiger partial charge in [-0.1, -0.05) is 24.6 Å². The molecule has 0 saturated carbocycles. The Bertz CT molecular complexity index is 696. The molecule has 0 aliphatic carbocycles. The molecule has 1 aliphatic rings. The number of piperazine rings is 1. The lowest BCUT2D eigenvalue weighted by atomic mass is 10.0. The second kappa shape index (κ2) is 9.00. The van der Waals surface area contributed by atoms with Crippen molar-refractivity contribution < 1.29 is 4.79 Å². The van der Waals surface area contributed by atoms with Crippen molar-refractivity contribution in [2.45, 2.75) is 25.9 Å². The van der Waals surface area contributed by atoms with E-state index in [1.165, 1.54) is 4.88 Å². The zero-order valence-electron chi connectivity index (χ0n) is 15.3. The van der Waals surface area contributed by atoms with Crippen LogP contribution in [0.3, 0.4) is 0 Å². The second-order valence-electron chi connectivity index (χ2n) is 6.70. The average molecular weight is 392 g/mol. The first-order valence-corrected chi connectivity index (χ1v) is 10.4. The molecule has 1 aromatic carbocycles. The first kappa shape index (κ1) is 19.4. The smallest absolute Gasteiger partial charge is 0.251 e. The van der Waals surface area contributed by atoms with Gasteiger partial charge in [0, 0.05) is 47.7 Å². The van der Waals surface area contributed by atoms with Crippen LogP contribution >= 0.6 is 22.9 Å². The highest BCUT2D eigenvalue weighted by Crippen LogP contribution is 2.29. The number of carbonyl (C=O) groups excluding carboxylic acids is 1. The Morgan fingerprint density at radius 3 is 2.46 bits per heavy atom. The minimum Gasteiger partial charge on any atom is -0.348 e. The summed E-state index contributed by atoms with van der Waals surface area (Å²) in [4.78, 5) is 18.9. The number of halogens is 1. The number of rotatable bonds is 6. The summed E-state index contributed by atoms with van der Waals surface area (Å²) < 4.78 is 0. The van der Waals surface area contributed by atoms with E-state index in [0.717, 1.165) is 32.7 Å². The van der Waals surface area contributed by atoms with Crippen molar-refractivity contribution in [3.05, 3.63) is 57.2 Å². The summed E-state index contributed by atoms with van der Waals surface area (Å²) in [6.45, 7) is 9.62. The molecule has 1 fully saturated rings. The third-order valence-corrected chi connectivity index (χ3v) is 6.22. The molecule has 0 unspecified atom stereocenters. The molecule has 1 N–H and O–H groups in total. The van der Waals surface area contributed by atoms with E-state index in [1.54, 1.807) is 35.6 Å². The van der Waals surface area contributed by atoms with Crippen LogP contribution in [0.2, 0.25) is 5.02 Å². The number of benzene rings is 1. The van der Waals surface area contributed by atoms with Crippen molar-refractivity contribution in [1.29, 1.82) is 0 Å². The predicted molar refractivity (Wildman–Crippen MR) is 109 cm³/mol. The Labute approximate surface area is 164 Å². The number of nitrogens with zero attached hydrogens (tertiary/aromatic N) is 2. The summed E-state index contributed by atoms with van der Waals surface area (Å²) in [5.41, 5.74) is 0.641. The van der Waals surface area contributed by atoms with Crippen LogP contribution in [-0.2, 0) is 0 Å². The van der Waals surface area contributed by atoms with Gasteiger partial charge in [-0.2, -0.15) is 0 Å². The van der Waals surface area contributed by atoms with Gasteiger partial charge >= 0.3 is 0 Å². The number of hydrogen-bond donors (Lipinski definition) is 1. The highest BCUT2D eigenvalue weighted by molar-refractivity contribution is 7.10. The summed E-state index contributed by atoms with van der Waals surface area (Å²) in [5, 5.41) is 5.94. The number of carbonyl (C=O) groups is 1. The maximum absolute atomic E-state index is 12.6. The van der Waals surface area contributed by atoms with Gasteiger partial charge in [-0.25, -0.2) is 0 Å². The molecule has 26 heavy (non-hydrogen) atoms. The molecular formula is C20H26ClN3OS. The van der Waals surface area contributed by atoms with Crippen molar-refractivity contribution in [1.82, 2.24) is 15.1 Å². The van der Waals surface area contributed by atoms with E-state index in [-0.39, 0.29) is 18.0 Å². The zero-order chi connectivity index (χ0) is 18.5. The van der Waals surface area contributed by atoms with Crippen LogP contribution in [0.1, 0.15) is 35.1 Å². The first-order valence-electron chi connectivity index (χ1n) is 9.14. The molecule has 0 bridgehead atoms. The molecule has 2 heterocycles. The van der Waals surface area contributed by atoms with Crippen LogP contribution < -0.4 is 5.32 Å². The molecule has 2 atom stereocenters. The highest BCUT2D eigenvalue weighted by Gasteiger charge is 2.30. The summed E-state index contributed by atoms with van der Waals surface area (Å²) >= 11 is 7.68. The van der Waals surface area contributed by atoms with Crippen LogP contribution in [0, 0.1) is 0 Å². The number of hydrogen-bond acceptors (Lipinski definition) is 4. The van der Waals surface area contributed by atoms with Crippen LogP contribution in [-0.4, -0.2) is 54.5 Å². The molecule has 1 saturated heterocycles. The molecule has 1 aromatic heterocycles.